The van der Waals surface area contributed by atoms with E-state index in [4.69, 9.17) is 9.47 Å². The smallest absolute Gasteiger partial charge is 0.346 e. The molecule has 0 bridgehead atoms. The average Bonchev–Trinajstić information content (AvgIpc) is 2.67. The van der Waals surface area contributed by atoms with Crippen molar-refractivity contribution in [3.63, 3.8) is 0 Å². The summed E-state index contributed by atoms with van der Waals surface area (Å²) in [6.07, 6.45) is 0. The lowest BCUT2D eigenvalue weighted by Crippen LogP contribution is -2.01. The van der Waals surface area contributed by atoms with Crippen molar-refractivity contribution < 1.29 is 19.4 Å². The van der Waals surface area contributed by atoms with Crippen LogP contribution in [0.3, 0.4) is 0 Å². The van der Waals surface area contributed by atoms with Gasteiger partial charge < -0.3 is 14.6 Å². The van der Waals surface area contributed by atoms with E-state index in [-0.39, 0.29) is 10.2 Å². The van der Waals surface area contributed by atoms with Gasteiger partial charge in [0, 0.05) is 5.56 Å². The normalized spacial score (nSPS) is 11.8. The molecule has 4 nitrogen and oxygen atoms in total. The number of carboxylic acids is 1. The van der Waals surface area contributed by atoms with Crippen molar-refractivity contribution >= 4 is 38.4 Å². The van der Waals surface area contributed by atoms with Crippen molar-refractivity contribution in [2.45, 2.75) is 6.61 Å². The van der Waals surface area contributed by atoms with E-state index in [1.807, 2.05) is 66.7 Å². The SMILES string of the molecule is COC(=C(Br)C(=O)O)c1cccc2ccc(COc3ccccc3)cc12. The molecule has 0 heterocycles. The van der Waals surface area contributed by atoms with E-state index in [1.165, 1.54) is 7.11 Å². The van der Waals surface area contributed by atoms with Crippen LogP contribution in [-0.2, 0) is 16.1 Å². The number of rotatable bonds is 6. The molecule has 0 fully saturated rings. The predicted molar refractivity (Wildman–Crippen MR) is 105 cm³/mol. The largest absolute Gasteiger partial charge is 0.495 e. The van der Waals surface area contributed by atoms with Crippen molar-refractivity contribution in [1.82, 2.24) is 0 Å². The van der Waals surface area contributed by atoms with Gasteiger partial charge >= 0.3 is 5.97 Å². The fourth-order valence-electron chi connectivity index (χ4n) is 2.71. The third-order valence-corrected chi connectivity index (χ3v) is 4.63. The second-order valence-electron chi connectivity index (χ2n) is 5.62. The van der Waals surface area contributed by atoms with E-state index in [2.05, 4.69) is 15.9 Å². The van der Waals surface area contributed by atoms with Gasteiger partial charge in [0.1, 0.15) is 22.6 Å². The van der Waals surface area contributed by atoms with E-state index < -0.39 is 5.97 Å². The van der Waals surface area contributed by atoms with Gasteiger partial charge in [-0.3, -0.25) is 0 Å². The molecule has 26 heavy (non-hydrogen) atoms. The van der Waals surface area contributed by atoms with E-state index in [0.717, 1.165) is 22.1 Å². The monoisotopic (exact) mass is 412 g/mol. The van der Waals surface area contributed by atoms with Gasteiger partial charge in [-0.15, -0.1) is 0 Å². The molecule has 0 aliphatic carbocycles. The van der Waals surface area contributed by atoms with Crippen LogP contribution in [0, 0.1) is 0 Å². The Morgan fingerprint density at radius 3 is 2.50 bits per heavy atom. The zero-order chi connectivity index (χ0) is 18.5. The number of hydrogen-bond acceptors (Lipinski definition) is 3. The first kappa shape index (κ1) is 18.0. The minimum atomic E-state index is -1.08. The van der Waals surface area contributed by atoms with Gasteiger partial charge in [-0.2, -0.15) is 0 Å². The maximum absolute atomic E-state index is 11.3. The fraction of sp³-hybridized carbons (Fsp3) is 0.0952. The summed E-state index contributed by atoms with van der Waals surface area (Å²) in [5.74, 6) is -0.00127. The van der Waals surface area contributed by atoms with Crippen LogP contribution in [0.1, 0.15) is 11.1 Å². The molecule has 0 unspecified atom stereocenters. The number of benzene rings is 3. The Kier molecular flexibility index (Phi) is 5.58. The Bertz CT molecular complexity index is 964. The van der Waals surface area contributed by atoms with Gasteiger partial charge in [-0.1, -0.05) is 48.5 Å². The molecular weight excluding hydrogens is 396 g/mol. The summed E-state index contributed by atoms with van der Waals surface area (Å²) < 4.78 is 11.1. The summed E-state index contributed by atoms with van der Waals surface area (Å²) in [5.41, 5.74) is 1.69. The molecule has 132 valence electrons. The van der Waals surface area contributed by atoms with Gasteiger partial charge in [0.25, 0.3) is 0 Å². The molecule has 0 amide bonds. The molecule has 0 radical (unpaired) electrons. The van der Waals surface area contributed by atoms with Gasteiger partial charge in [0.05, 0.1) is 7.11 Å². The maximum atomic E-state index is 11.3. The molecule has 3 rings (SSSR count). The number of carbonyl (C=O) groups is 1. The highest BCUT2D eigenvalue weighted by Crippen LogP contribution is 2.31. The first-order valence-electron chi connectivity index (χ1n) is 7.97. The number of fused-ring (bicyclic) bond motifs is 1. The van der Waals surface area contributed by atoms with Crippen LogP contribution in [-0.4, -0.2) is 18.2 Å². The van der Waals surface area contributed by atoms with Crippen LogP contribution < -0.4 is 4.74 Å². The number of carboxylic acid groups (broad SMARTS) is 1. The zero-order valence-electron chi connectivity index (χ0n) is 14.1. The average molecular weight is 413 g/mol. The summed E-state index contributed by atoms with van der Waals surface area (Å²) in [7, 11) is 1.46. The zero-order valence-corrected chi connectivity index (χ0v) is 15.7. The Morgan fingerprint density at radius 1 is 1.04 bits per heavy atom. The molecule has 0 saturated carbocycles. The highest BCUT2D eigenvalue weighted by molar-refractivity contribution is 9.12. The van der Waals surface area contributed by atoms with Gasteiger partial charge in [0.15, 0.2) is 0 Å². The van der Waals surface area contributed by atoms with Crippen LogP contribution in [0.5, 0.6) is 5.75 Å². The Morgan fingerprint density at radius 2 is 1.81 bits per heavy atom. The Labute approximate surface area is 159 Å². The fourth-order valence-corrected chi connectivity index (χ4v) is 3.08. The molecular formula is C21H17BrO4. The number of methoxy groups -OCH3 is 1. The standard InChI is InChI=1S/C21H17BrO4/c1-25-20(19(22)21(23)24)17-9-5-6-15-11-10-14(12-18(15)17)13-26-16-7-3-2-4-8-16/h2-12H,13H2,1H3,(H,23,24). The van der Waals surface area contributed by atoms with Crippen LogP contribution in [0.25, 0.3) is 16.5 Å². The quantitative estimate of drug-likeness (QED) is 0.445. The van der Waals surface area contributed by atoms with Crippen molar-refractivity contribution in [2.75, 3.05) is 7.11 Å². The highest BCUT2D eigenvalue weighted by atomic mass is 79.9. The molecule has 0 aliphatic heterocycles. The molecule has 1 N–H and O–H groups in total. The number of aliphatic carboxylic acids is 1. The van der Waals surface area contributed by atoms with E-state index in [9.17, 15) is 9.90 Å². The maximum Gasteiger partial charge on any atom is 0.346 e. The summed E-state index contributed by atoms with van der Waals surface area (Å²) in [4.78, 5) is 11.3. The van der Waals surface area contributed by atoms with Crippen molar-refractivity contribution in [3.8, 4) is 5.75 Å². The first-order valence-corrected chi connectivity index (χ1v) is 8.76. The van der Waals surface area contributed by atoms with Gasteiger partial charge in [-0.05, 0) is 50.5 Å². The van der Waals surface area contributed by atoms with Crippen LogP contribution in [0.4, 0.5) is 0 Å². The minimum Gasteiger partial charge on any atom is -0.495 e. The topological polar surface area (TPSA) is 55.8 Å². The molecule has 5 heteroatoms. The molecule has 0 atom stereocenters. The summed E-state index contributed by atoms with van der Waals surface area (Å²) in [5, 5.41) is 11.2. The van der Waals surface area contributed by atoms with Gasteiger partial charge in [-0.25, -0.2) is 4.79 Å². The molecule has 0 saturated heterocycles. The van der Waals surface area contributed by atoms with E-state index in [0.29, 0.717) is 12.2 Å². The summed E-state index contributed by atoms with van der Waals surface area (Å²) in [6.45, 7) is 0.417. The van der Waals surface area contributed by atoms with Crippen molar-refractivity contribution in [2.24, 2.45) is 0 Å². The molecule has 0 aromatic heterocycles. The first-order chi connectivity index (χ1) is 12.6. The van der Waals surface area contributed by atoms with E-state index in [1.54, 1.807) is 0 Å². The molecule has 0 aliphatic rings. The highest BCUT2D eigenvalue weighted by Gasteiger charge is 2.16. The Hall–Kier alpha value is -2.79. The van der Waals surface area contributed by atoms with Gasteiger partial charge in [0.2, 0.25) is 0 Å². The molecule has 0 spiro atoms. The lowest BCUT2D eigenvalue weighted by atomic mass is 10.0. The molecule has 3 aromatic carbocycles. The summed E-state index contributed by atoms with van der Waals surface area (Å²) in [6, 6.07) is 21.3. The second-order valence-corrected chi connectivity index (χ2v) is 6.41. The number of para-hydroxylation sites is 1. The van der Waals surface area contributed by atoms with E-state index >= 15 is 0 Å². The van der Waals surface area contributed by atoms with Crippen LogP contribution >= 0.6 is 15.9 Å². The summed E-state index contributed by atoms with van der Waals surface area (Å²) >= 11 is 3.10. The molecule has 3 aromatic rings. The van der Waals surface area contributed by atoms with Crippen molar-refractivity contribution in [1.29, 1.82) is 0 Å². The van der Waals surface area contributed by atoms with Crippen molar-refractivity contribution in [3.05, 3.63) is 82.3 Å². The van der Waals surface area contributed by atoms with Crippen LogP contribution in [0.2, 0.25) is 0 Å². The predicted octanol–water partition coefficient (Wildman–Crippen LogP) is 5.21. The Balaban J connectivity index is 2.00. The lowest BCUT2D eigenvalue weighted by molar-refractivity contribution is -0.131. The number of hydrogen-bond donors (Lipinski definition) is 1. The minimum absolute atomic E-state index is 0.0153. The third-order valence-electron chi connectivity index (χ3n) is 3.93. The number of halogens is 1. The second kappa shape index (κ2) is 8.06. The lowest BCUT2D eigenvalue weighted by Gasteiger charge is -2.13. The van der Waals surface area contributed by atoms with Crippen LogP contribution in [0.15, 0.2) is 71.2 Å². The third kappa shape index (κ3) is 3.89. The number of ether oxygens (including phenoxy) is 2.